The van der Waals surface area contributed by atoms with Crippen LogP contribution in [-0.2, 0) is 0 Å². The van der Waals surface area contributed by atoms with E-state index >= 15 is 0 Å². The van der Waals surface area contributed by atoms with Crippen LogP contribution in [-0.4, -0.2) is 6.54 Å². The molecule has 0 bridgehead atoms. The Morgan fingerprint density at radius 3 is 2.21 bits per heavy atom. The van der Waals surface area contributed by atoms with Gasteiger partial charge in [-0.2, -0.15) is 0 Å². The molecule has 2 rings (SSSR count). The molecule has 1 N–H and O–H groups in total. The van der Waals surface area contributed by atoms with Crippen LogP contribution in [0, 0.1) is 6.92 Å². The summed E-state index contributed by atoms with van der Waals surface area (Å²) >= 11 is 7.04. The molecule has 0 amide bonds. The molecule has 0 aliphatic heterocycles. The van der Waals surface area contributed by atoms with Crippen LogP contribution in [0.25, 0.3) is 0 Å². The lowest BCUT2D eigenvalue weighted by molar-refractivity contribution is 0.630. The average Bonchev–Trinajstić information content (AvgIpc) is 2.41. The summed E-state index contributed by atoms with van der Waals surface area (Å²) in [6.07, 6.45) is 0. The van der Waals surface area contributed by atoms with Gasteiger partial charge in [-0.05, 0) is 48.4 Å². The van der Waals surface area contributed by atoms with Gasteiger partial charge in [0.15, 0.2) is 0 Å². The minimum atomic E-state index is 0.241. The second kappa shape index (κ2) is 6.69. The molecule has 0 fully saturated rings. The Morgan fingerprint density at radius 2 is 1.63 bits per heavy atom. The first kappa shape index (κ1) is 14.8. The Labute approximate surface area is 131 Å². The largest absolute Gasteiger partial charge is 0.307 e. The molecule has 100 valence electrons. The molecule has 0 radical (unpaired) electrons. The van der Waals surface area contributed by atoms with Gasteiger partial charge in [0.05, 0.1) is 6.04 Å². The predicted octanol–water partition coefficient (Wildman–Crippen LogP) is 5.22. The van der Waals surface area contributed by atoms with E-state index in [0.29, 0.717) is 0 Å². The molecule has 0 heterocycles. The maximum absolute atomic E-state index is 3.56. The average molecular weight is 383 g/mol. The molecule has 0 aromatic heterocycles. The highest BCUT2D eigenvalue weighted by molar-refractivity contribution is 9.10. The van der Waals surface area contributed by atoms with E-state index < -0.39 is 0 Å². The van der Waals surface area contributed by atoms with Crippen molar-refractivity contribution in [3.05, 3.63) is 68.1 Å². The SMILES string of the molecule is CCNC(c1ccc(Br)cc1)c1ccc(Br)c(C)c1. The van der Waals surface area contributed by atoms with Crippen LogP contribution in [0.5, 0.6) is 0 Å². The lowest BCUT2D eigenvalue weighted by atomic mass is 9.97. The third-order valence-corrected chi connectivity index (χ3v) is 4.55. The standard InChI is InChI=1S/C16H17Br2N/c1-3-19-16(12-4-7-14(17)8-5-12)13-6-9-15(18)11(2)10-13/h4-10,16,19H,3H2,1-2H3. The number of hydrogen-bond donors (Lipinski definition) is 1. The van der Waals surface area contributed by atoms with Crippen LogP contribution in [0.15, 0.2) is 51.4 Å². The summed E-state index contributed by atoms with van der Waals surface area (Å²) < 4.78 is 2.26. The Kier molecular flexibility index (Phi) is 5.20. The molecule has 19 heavy (non-hydrogen) atoms. The second-order valence-corrected chi connectivity index (χ2v) is 6.32. The maximum Gasteiger partial charge on any atom is 0.0576 e. The van der Waals surface area contributed by atoms with Crippen molar-refractivity contribution < 1.29 is 0 Å². The van der Waals surface area contributed by atoms with E-state index in [1.54, 1.807) is 0 Å². The first-order valence-electron chi connectivity index (χ1n) is 6.36. The molecule has 2 aromatic carbocycles. The van der Waals surface area contributed by atoms with Crippen molar-refractivity contribution in [1.82, 2.24) is 5.32 Å². The molecule has 0 aliphatic carbocycles. The van der Waals surface area contributed by atoms with E-state index in [9.17, 15) is 0 Å². The molecule has 2 aromatic rings. The Morgan fingerprint density at radius 1 is 1.00 bits per heavy atom. The fraction of sp³-hybridized carbons (Fsp3) is 0.250. The fourth-order valence-corrected chi connectivity index (χ4v) is 2.65. The van der Waals surface area contributed by atoms with Crippen molar-refractivity contribution >= 4 is 31.9 Å². The summed E-state index contributed by atoms with van der Waals surface area (Å²) in [6.45, 7) is 5.20. The van der Waals surface area contributed by atoms with E-state index in [0.717, 1.165) is 15.5 Å². The minimum Gasteiger partial charge on any atom is -0.307 e. The first-order valence-corrected chi connectivity index (χ1v) is 7.95. The third-order valence-electron chi connectivity index (χ3n) is 3.13. The van der Waals surface area contributed by atoms with Crippen LogP contribution in [0.3, 0.4) is 0 Å². The third kappa shape index (κ3) is 3.68. The highest BCUT2D eigenvalue weighted by atomic mass is 79.9. The summed E-state index contributed by atoms with van der Waals surface area (Å²) in [6, 6.07) is 15.3. The van der Waals surface area contributed by atoms with E-state index in [2.05, 4.69) is 93.5 Å². The molecule has 0 saturated heterocycles. The Hall–Kier alpha value is -0.640. The quantitative estimate of drug-likeness (QED) is 0.764. The van der Waals surface area contributed by atoms with Gasteiger partial charge in [0.2, 0.25) is 0 Å². The number of aryl methyl sites for hydroxylation is 1. The van der Waals surface area contributed by atoms with E-state index in [-0.39, 0.29) is 6.04 Å². The molecule has 3 heteroatoms. The van der Waals surface area contributed by atoms with E-state index in [1.165, 1.54) is 16.7 Å². The normalized spacial score (nSPS) is 12.4. The van der Waals surface area contributed by atoms with Crippen LogP contribution in [0.1, 0.15) is 29.7 Å². The highest BCUT2D eigenvalue weighted by Crippen LogP contribution is 2.27. The predicted molar refractivity (Wildman–Crippen MR) is 88.5 cm³/mol. The van der Waals surface area contributed by atoms with Gasteiger partial charge in [-0.1, -0.05) is 63.0 Å². The number of rotatable bonds is 4. The molecule has 1 atom stereocenters. The van der Waals surface area contributed by atoms with Crippen molar-refractivity contribution in [1.29, 1.82) is 0 Å². The number of benzene rings is 2. The van der Waals surface area contributed by atoms with Gasteiger partial charge in [0.25, 0.3) is 0 Å². The van der Waals surface area contributed by atoms with E-state index in [4.69, 9.17) is 0 Å². The van der Waals surface area contributed by atoms with Gasteiger partial charge in [-0.15, -0.1) is 0 Å². The number of halogens is 2. The monoisotopic (exact) mass is 381 g/mol. The van der Waals surface area contributed by atoms with Crippen molar-refractivity contribution in [2.24, 2.45) is 0 Å². The molecule has 1 unspecified atom stereocenters. The summed E-state index contributed by atoms with van der Waals surface area (Å²) in [7, 11) is 0. The van der Waals surface area contributed by atoms with Gasteiger partial charge >= 0.3 is 0 Å². The molecular weight excluding hydrogens is 366 g/mol. The first-order chi connectivity index (χ1) is 9.11. The fourth-order valence-electron chi connectivity index (χ4n) is 2.13. The Bertz CT molecular complexity index is 549. The molecule has 0 aliphatic rings. The lowest BCUT2D eigenvalue weighted by Gasteiger charge is -2.20. The highest BCUT2D eigenvalue weighted by Gasteiger charge is 2.13. The molecular formula is C16H17Br2N. The van der Waals surface area contributed by atoms with Crippen molar-refractivity contribution in [3.63, 3.8) is 0 Å². The maximum atomic E-state index is 3.56. The molecule has 0 saturated carbocycles. The van der Waals surface area contributed by atoms with Crippen molar-refractivity contribution in [3.8, 4) is 0 Å². The zero-order valence-electron chi connectivity index (χ0n) is 11.1. The summed E-state index contributed by atoms with van der Waals surface area (Å²) in [4.78, 5) is 0. The van der Waals surface area contributed by atoms with Crippen molar-refractivity contribution in [2.75, 3.05) is 6.54 Å². The minimum absolute atomic E-state index is 0.241. The van der Waals surface area contributed by atoms with Gasteiger partial charge in [0, 0.05) is 8.95 Å². The van der Waals surface area contributed by atoms with Gasteiger partial charge in [-0.25, -0.2) is 0 Å². The molecule has 0 spiro atoms. The van der Waals surface area contributed by atoms with Gasteiger partial charge in [-0.3, -0.25) is 0 Å². The summed E-state index contributed by atoms with van der Waals surface area (Å²) in [5, 5.41) is 3.55. The van der Waals surface area contributed by atoms with Crippen LogP contribution in [0.4, 0.5) is 0 Å². The smallest absolute Gasteiger partial charge is 0.0576 e. The number of nitrogens with one attached hydrogen (secondary N) is 1. The second-order valence-electron chi connectivity index (χ2n) is 4.55. The zero-order chi connectivity index (χ0) is 13.8. The van der Waals surface area contributed by atoms with Crippen LogP contribution >= 0.6 is 31.9 Å². The topological polar surface area (TPSA) is 12.0 Å². The summed E-state index contributed by atoms with van der Waals surface area (Å²) in [5.41, 5.74) is 3.84. The van der Waals surface area contributed by atoms with Gasteiger partial charge in [0.1, 0.15) is 0 Å². The van der Waals surface area contributed by atoms with Crippen LogP contribution < -0.4 is 5.32 Å². The van der Waals surface area contributed by atoms with Crippen LogP contribution in [0.2, 0.25) is 0 Å². The zero-order valence-corrected chi connectivity index (χ0v) is 14.3. The van der Waals surface area contributed by atoms with Crippen molar-refractivity contribution in [2.45, 2.75) is 19.9 Å². The Balaban J connectivity index is 2.38. The molecule has 1 nitrogen and oxygen atoms in total. The van der Waals surface area contributed by atoms with Gasteiger partial charge < -0.3 is 5.32 Å². The number of hydrogen-bond acceptors (Lipinski definition) is 1. The summed E-state index contributed by atoms with van der Waals surface area (Å²) in [5.74, 6) is 0. The van der Waals surface area contributed by atoms with E-state index in [1.807, 2.05) is 0 Å². The lowest BCUT2D eigenvalue weighted by Crippen LogP contribution is -2.22.